The van der Waals surface area contributed by atoms with Crippen LogP contribution in [0.3, 0.4) is 0 Å². The van der Waals surface area contributed by atoms with E-state index in [1.54, 1.807) is 21.9 Å². The van der Waals surface area contributed by atoms with Crippen LogP contribution in [-0.2, 0) is 31.9 Å². The lowest BCUT2D eigenvalue weighted by Crippen LogP contribution is -2.59. The molecule has 0 aliphatic carbocycles. The third kappa shape index (κ3) is 4.80. The van der Waals surface area contributed by atoms with E-state index in [4.69, 9.17) is 0 Å². The Morgan fingerprint density at radius 1 is 0.935 bits per heavy atom. The fourth-order valence-electron chi connectivity index (χ4n) is 4.33. The van der Waals surface area contributed by atoms with Crippen LogP contribution in [0.15, 0.2) is 54.6 Å². The van der Waals surface area contributed by atoms with E-state index in [0.717, 1.165) is 16.7 Å². The van der Waals surface area contributed by atoms with Crippen LogP contribution >= 0.6 is 0 Å². The van der Waals surface area contributed by atoms with Crippen LogP contribution in [0.25, 0.3) is 0 Å². The lowest BCUT2D eigenvalue weighted by atomic mass is 10.1. The monoisotopic (exact) mass is 441 g/mol. The van der Waals surface area contributed by atoms with E-state index in [9.17, 15) is 18.0 Å². The van der Waals surface area contributed by atoms with Crippen molar-refractivity contribution in [3.05, 3.63) is 71.3 Å². The van der Waals surface area contributed by atoms with Crippen molar-refractivity contribution in [2.24, 2.45) is 0 Å². The molecule has 0 spiro atoms. The minimum absolute atomic E-state index is 0.0278. The molecule has 0 N–H and O–H groups in total. The summed E-state index contributed by atoms with van der Waals surface area (Å²) in [5, 5.41) is 0. The zero-order valence-corrected chi connectivity index (χ0v) is 18.4. The Bertz CT molecular complexity index is 1070. The first-order chi connectivity index (χ1) is 14.8. The molecule has 8 heteroatoms. The number of hydrogen-bond donors (Lipinski definition) is 0. The number of fused-ring (bicyclic) bond motifs is 1. The SMILES string of the molecule is Cc1cccc(CN2CC(=O)N3CCN(S(=O)(=O)Cc4ccccc4)CCC3C2=O)c1. The highest BCUT2D eigenvalue weighted by Gasteiger charge is 2.42. The number of nitrogens with zero attached hydrogens (tertiary/aromatic N) is 3. The maximum Gasteiger partial charge on any atom is 0.246 e. The molecular weight excluding hydrogens is 414 g/mol. The number of hydrogen-bond acceptors (Lipinski definition) is 4. The average molecular weight is 442 g/mol. The number of sulfonamides is 1. The third-order valence-electron chi connectivity index (χ3n) is 5.90. The third-order valence-corrected chi connectivity index (χ3v) is 7.75. The second kappa shape index (κ2) is 8.80. The number of piperazine rings is 1. The van der Waals surface area contributed by atoms with E-state index in [0.29, 0.717) is 13.0 Å². The second-order valence-corrected chi connectivity index (χ2v) is 10.2. The van der Waals surface area contributed by atoms with Gasteiger partial charge in [0.05, 0.1) is 5.75 Å². The highest BCUT2D eigenvalue weighted by atomic mass is 32.2. The number of amides is 2. The number of carbonyl (C=O) groups excluding carboxylic acids is 2. The van der Waals surface area contributed by atoms with E-state index < -0.39 is 16.1 Å². The van der Waals surface area contributed by atoms with Crippen molar-refractivity contribution in [2.75, 3.05) is 26.2 Å². The molecule has 31 heavy (non-hydrogen) atoms. The Labute approximate surface area is 183 Å². The standard InChI is InChI=1S/C23H27N3O4S/c1-18-6-5-9-20(14-18)15-24-16-22(27)26-13-12-25(11-10-21(26)23(24)28)31(29,30)17-19-7-3-2-4-8-19/h2-9,14,21H,10-13,15-17H2,1H3. The quantitative estimate of drug-likeness (QED) is 0.709. The summed E-state index contributed by atoms with van der Waals surface area (Å²) in [6.07, 6.45) is 0.308. The van der Waals surface area contributed by atoms with E-state index >= 15 is 0 Å². The van der Waals surface area contributed by atoms with Crippen LogP contribution in [0.5, 0.6) is 0 Å². The van der Waals surface area contributed by atoms with Crippen molar-refractivity contribution in [1.82, 2.24) is 14.1 Å². The Morgan fingerprint density at radius 2 is 1.68 bits per heavy atom. The fourth-order valence-corrected chi connectivity index (χ4v) is 5.87. The van der Waals surface area contributed by atoms with Gasteiger partial charge in [0.25, 0.3) is 0 Å². The zero-order valence-electron chi connectivity index (χ0n) is 17.6. The molecule has 164 valence electrons. The molecule has 0 saturated carbocycles. The van der Waals surface area contributed by atoms with Gasteiger partial charge in [0.15, 0.2) is 0 Å². The first-order valence-electron chi connectivity index (χ1n) is 10.5. The summed E-state index contributed by atoms with van der Waals surface area (Å²) < 4.78 is 27.3. The van der Waals surface area contributed by atoms with Gasteiger partial charge in [0, 0.05) is 26.2 Å². The smallest absolute Gasteiger partial charge is 0.246 e. The van der Waals surface area contributed by atoms with Gasteiger partial charge < -0.3 is 9.80 Å². The van der Waals surface area contributed by atoms with Crippen molar-refractivity contribution in [3.63, 3.8) is 0 Å². The molecule has 0 radical (unpaired) electrons. The molecule has 7 nitrogen and oxygen atoms in total. The normalized spacial score (nSPS) is 20.5. The largest absolute Gasteiger partial charge is 0.328 e. The molecular formula is C23H27N3O4S. The van der Waals surface area contributed by atoms with E-state index in [1.807, 2.05) is 49.4 Å². The molecule has 2 aromatic rings. The van der Waals surface area contributed by atoms with Gasteiger partial charge in [0.2, 0.25) is 21.8 Å². The summed E-state index contributed by atoms with van der Waals surface area (Å²) in [4.78, 5) is 29.1. The highest BCUT2D eigenvalue weighted by Crippen LogP contribution is 2.23. The summed E-state index contributed by atoms with van der Waals surface area (Å²) in [7, 11) is -3.53. The summed E-state index contributed by atoms with van der Waals surface area (Å²) in [5.74, 6) is -0.317. The maximum atomic E-state index is 13.2. The van der Waals surface area contributed by atoms with Crippen molar-refractivity contribution < 1.29 is 18.0 Å². The molecule has 4 rings (SSSR count). The predicted octanol–water partition coefficient (Wildman–Crippen LogP) is 1.77. The maximum absolute atomic E-state index is 13.2. The van der Waals surface area contributed by atoms with Gasteiger partial charge in [-0.1, -0.05) is 60.2 Å². The molecule has 2 aliphatic rings. The van der Waals surface area contributed by atoms with Gasteiger partial charge >= 0.3 is 0 Å². The molecule has 1 unspecified atom stereocenters. The van der Waals surface area contributed by atoms with Gasteiger partial charge in [-0.3, -0.25) is 9.59 Å². The summed E-state index contributed by atoms with van der Waals surface area (Å²) in [6, 6.07) is 16.3. The molecule has 1 atom stereocenters. The molecule has 2 heterocycles. The molecule has 2 aliphatic heterocycles. The van der Waals surface area contributed by atoms with E-state index in [2.05, 4.69) is 0 Å². The number of carbonyl (C=O) groups is 2. The Morgan fingerprint density at radius 3 is 2.42 bits per heavy atom. The lowest BCUT2D eigenvalue weighted by Gasteiger charge is -2.39. The first-order valence-corrected chi connectivity index (χ1v) is 12.1. The minimum Gasteiger partial charge on any atom is -0.328 e. The molecule has 2 saturated heterocycles. The van der Waals surface area contributed by atoms with Gasteiger partial charge in [-0.2, -0.15) is 4.31 Å². The molecule has 2 aromatic carbocycles. The van der Waals surface area contributed by atoms with Crippen molar-refractivity contribution >= 4 is 21.8 Å². The van der Waals surface area contributed by atoms with Crippen LogP contribution in [0, 0.1) is 6.92 Å². The van der Waals surface area contributed by atoms with Gasteiger partial charge in [0.1, 0.15) is 12.6 Å². The minimum atomic E-state index is -3.53. The van der Waals surface area contributed by atoms with Crippen LogP contribution < -0.4 is 0 Å². The Balaban J connectivity index is 1.47. The van der Waals surface area contributed by atoms with Gasteiger partial charge in [-0.15, -0.1) is 0 Å². The topological polar surface area (TPSA) is 78.0 Å². The molecule has 0 aromatic heterocycles. The Kier molecular flexibility index (Phi) is 6.11. The van der Waals surface area contributed by atoms with Crippen molar-refractivity contribution in [3.8, 4) is 0 Å². The second-order valence-electron chi connectivity index (χ2n) is 8.22. The number of benzene rings is 2. The van der Waals surface area contributed by atoms with Gasteiger partial charge in [-0.05, 0) is 24.5 Å². The molecule has 0 bridgehead atoms. The van der Waals surface area contributed by atoms with Gasteiger partial charge in [-0.25, -0.2) is 8.42 Å². The fraction of sp³-hybridized carbons (Fsp3) is 0.391. The van der Waals surface area contributed by atoms with Crippen LogP contribution in [0.2, 0.25) is 0 Å². The van der Waals surface area contributed by atoms with Crippen LogP contribution in [-0.4, -0.2) is 66.6 Å². The number of aryl methyl sites for hydroxylation is 1. The van der Waals surface area contributed by atoms with Crippen LogP contribution in [0.1, 0.15) is 23.1 Å². The summed E-state index contributed by atoms with van der Waals surface area (Å²) in [5.41, 5.74) is 2.81. The highest BCUT2D eigenvalue weighted by molar-refractivity contribution is 7.88. The van der Waals surface area contributed by atoms with Crippen LogP contribution in [0.4, 0.5) is 0 Å². The number of rotatable bonds is 5. The average Bonchev–Trinajstić information content (AvgIpc) is 2.97. The zero-order chi connectivity index (χ0) is 22.0. The van der Waals surface area contributed by atoms with E-state index in [-0.39, 0.29) is 43.7 Å². The summed E-state index contributed by atoms with van der Waals surface area (Å²) in [6.45, 7) is 3.08. The lowest BCUT2D eigenvalue weighted by molar-refractivity contribution is -0.156. The molecule has 2 amide bonds. The van der Waals surface area contributed by atoms with Crippen molar-refractivity contribution in [2.45, 2.75) is 31.7 Å². The van der Waals surface area contributed by atoms with Crippen molar-refractivity contribution in [1.29, 1.82) is 0 Å². The first kappa shape index (κ1) is 21.5. The predicted molar refractivity (Wildman–Crippen MR) is 117 cm³/mol. The van der Waals surface area contributed by atoms with E-state index in [1.165, 1.54) is 4.31 Å². The molecule has 2 fully saturated rings. The Hall–Kier alpha value is -2.71. The summed E-state index contributed by atoms with van der Waals surface area (Å²) >= 11 is 0.